The molecule has 2 amide bonds. The van der Waals surface area contributed by atoms with E-state index in [1.54, 1.807) is 44.6 Å². The molecule has 1 atom stereocenters. The molecule has 154 valence electrons. The van der Waals surface area contributed by atoms with Crippen molar-refractivity contribution in [2.45, 2.75) is 18.8 Å². The molecule has 0 unspecified atom stereocenters. The zero-order chi connectivity index (χ0) is 21.1. The number of nitrogens with zero attached hydrogens (tertiary/aromatic N) is 1. The molecular formula is C22H21N3O4S. The highest BCUT2D eigenvalue weighted by Crippen LogP contribution is 2.39. The number of carbonyl (C=O) groups is 2. The lowest BCUT2D eigenvalue weighted by Crippen LogP contribution is -2.20. The Balaban J connectivity index is 1.48. The van der Waals surface area contributed by atoms with E-state index in [4.69, 9.17) is 9.47 Å². The monoisotopic (exact) mass is 423 g/mol. The molecule has 2 aromatic carbocycles. The van der Waals surface area contributed by atoms with Crippen LogP contribution in [0.3, 0.4) is 0 Å². The third kappa shape index (κ3) is 3.99. The van der Waals surface area contributed by atoms with Gasteiger partial charge in [-0.2, -0.15) is 0 Å². The van der Waals surface area contributed by atoms with Crippen LogP contribution in [0.4, 0.5) is 10.8 Å². The molecular weight excluding hydrogens is 402 g/mol. The average molecular weight is 423 g/mol. The summed E-state index contributed by atoms with van der Waals surface area (Å²) in [6, 6.07) is 14.2. The topological polar surface area (TPSA) is 89.6 Å². The first kappa shape index (κ1) is 19.9. The number of hydrogen-bond donors (Lipinski definition) is 2. The molecule has 30 heavy (non-hydrogen) atoms. The van der Waals surface area contributed by atoms with Gasteiger partial charge in [0.1, 0.15) is 11.5 Å². The molecule has 3 aromatic rings. The van der Waals surface area contributed by atoms with Crippen molar-refractivity contribution in [2.24, 2.45) is 0 Å². The van der Waals surface area contributed by atoms with E-state index in [0.717, 1.165) is 17.0 Å². The fraction of sp³-hybridized carbons (Fsp3) is 0.227. The number of rotatable bonds is 6. The maximum absolute atomic E-state index is 12.9. The molecule has 0 saturated carbocycles. The lowest BCUT2D eigenvalue weighted by Gasteiger charge is -2.14. The summed E-state index contributed by atoms with van der Waals surface area (Å²) in [5.41, 5.74) is 1.87. The maximum Gasteiger partial charge on any atom is 0.257 e. The van der Waals surface area contributed by atoms with Crippen LogP contribution in [0.1, 0.15) is 33.3 Å². The van der Waals surface area contributed by atoms with Crippen molar-refractivity contribution in [1.29, 1.82) is 0 Å². The van der Waals surface area contributed by atoms with Crippen LogP contribution in [0, 0.1) is 0 Å². The molecule has 0 radical (unpaired) electrons. The Morgan fingerprint density at radius 1 is 1.07 bits per heavy atom. The molecule has 4 rings (SSSR count). The van der Waals surface area contributed by atoms with E-state index in [1.807, 2.05) is 18.2 Å². The van der Waals surface area contributed by atoms with Crippen LogP contribution in [0.2, 0.25) is 0 Å². The standard InChI is InChI=1S/C22H21N3O4S/c1-28-14-8-10-16(17(12-14)29-2)23-21(27)15-9-11-18-19(15)24-22(30-18)25-20(26)13-6-4-3-5-7-13/h3-8,10,12,15H,9,11H2,1-2H3,(H,23,27)(H,24,25,26)/t15-/m0/s1. The number of aryl methyl sites for hydroxylation is 1. The molecule has 0 fully saturated rings. The molecule has 2 N–H and O–H groups in total. The number of thiazole rings is 1. The Labute approximate surface area is 178 Å². The molecule has 0 bridgehead atoms. The summed E-state index contributed by atoms with van der Waals surface area (Å²) in [5, 5.41) is 6.27. The van der Waals surface area contributed by atoms with Gasteiger partial charge in [-0.15, -0.1) is 11.3 Å². The van der Waals surface area contributed by atoms with Crippen molar-refractivity contribution in [3.05, 3.63) is 64.7 Å². The average Bonchev–Trinajstić information content (AvgIpc) is 3.34. The van der Waals surface area contributed by atoms with Gasteiger partial charge in [0.15, 0.2) is 5.13 Å². The number of ether oxygens (including phenoxy) is 2. The zero-order valence-electron chi connectivity index (χ0n) is 16.6. The summed E-state index contributed by atoms with van der Waals surface area (Å²) in [7, 11) is 3.11. The minimum Gasteiger partial charge on any atom is -0.497 e. The number of benzene rings is 2. The highest BCUT2D eigenvalue weighted by atomic mass is 32.1. The number of methoxy groups -OCH3 is 2. The molecule has 0 aliphatic heterocycles. The van der Waals surface area contributed by atoms with Gasteiger partial charge < -0.3 is 14.8 Å². The summed E-state index contributed by atoms with van der Waals surface area (Å²) < 4.78 is 10.5. The van der Waals surface area contributed by atoms with Crippen LogP contribution in [0.5, 0.6) is 11.5 Å². The predicted octanol–water partition coefficient (Wildman–Crippen LogP) is 4.08. The molecule has 7 nitrogen and oxygen atoms in total. The van der Waals surface area contributed by atoms with Gasteiger partial charge in [-0.3, -0.25) is 14.9 Å². The van der Waals surface area contributed by atoms with Crippen molar-refractivity contribution < 1.29 is 19.1 Å². The van der Waals surface area contributed by atoms with E-state index < -0.39 is 0 Å². The number of anilines is 2. The van der Waals surface area contributed by atoms with E-state index in [2.05, 4.69) is 15.6 Å². The SMILES string of the molecule is COc1ccc(NC(=O)[C@H]2CCc3sc(NC(=O)c4ccccc4)nc32)c(OC)c1. The van der Waals surface area contributed by atoms with Gasteiger partial charge in [0.05, 0.1) is 31.5 Å². The van der Waals surface area contributed by atoms with Crippen LogP contribution in [-0.4, -0.2) is 31.0 Å². The largest absolute Gasteiger partial charge is 0.497 e. The van der Waals surface area contributed by atoms with Crippen LogP contribution in [-0.2, 0) is 11.2 Å². The summed E-state index contributed by atoms with van der Waals surface area (Å²) in [6.07, 6.45) is 1.44. The zero-order valence-corrected chi connectivity index (χ0v) is 17.4. The first-order valence-corrected chi connectivity index (χ1v) is 10.3. The van der Waals surface area contributed by atoms with Gasteiger partial charge in [-0.05, 0) is 37.1 Å². The van der Waals surface area contributed by atoms with Gasteiger partial charge in [-0.25, -0.2) is 4.98 Å². The lowest BCUT2D eigenvalue weighted by molar-refractivity contribution is -0.117. The number of carbonyl (C=O) groups excluding carboxylic acids is 2. The van der Waals surface area contributed by atoms with Crippen molar-refractivity contribution in [1.82, 2.24) is 4.98 Å². The van der Waals surface area contributed by atoms with Gasteiger partial charge in [0.2, 0.25) is 5.91 Å². The van der Waals surface area contributed by atoms with E-state index in [9.17, 15) is 9.59 Å². The first-order valence-electron chi connectivity index (χ1n) is 9.48. The number of amides is 2. The van der Waals surface area contributed by atoms with E-state index >= 15 is 0 Å². The summed E-state index contributed by atoms with van der Waals surface area (Å²) >= 11 is 1.42. The molecule has 1 aromatic heterocycles. The Morgan fingerprint density at radius 3 is 2.60 bits per heavy atom. The second-order valence-electron chi connectivity index (χ2n) is 6.79. The molecule has 1 aliphatic carbocycles. The smallest absolute Gasteiger partial charge is 0.257 e. The minimum absolute atomic E-state index is 0.150. The highest BCUT2D eigenvalue weighted by molar-refractivity contribution is 7.16. The van der Waals surface area contributed by atoms with E-state index in [0.29, 0.717) is 34.3 Å². The predicted molar refractivity (Wildman–Crippen MR) is 116 cm³/mol. The van der Waals surface area contributed by atoms with Crippen molar-refractivity contribution in [2.75, 3.05) is 24.9 Å². The first-order chi connectivity index (χ1) is 14.6. The normalized spacial score (nSPS) is 14.7. The Hall–Kier alpha value is -3.39. The molecule has 8 heteroatoms. The molecule has 0 spiro atoms. The van der Waals surface area contributed by atoms with Crippen molar-refractivity contribution in [3.63, 3.8) is 0 Å². The summed E-state index contributed by atoms with van der Waals surface area (Å²) in [4.78, 5) is 30.9. The number of nitrogens with one attached hydrogen (secondary N) is 2. The molecule has 1 heterocycles. The Bertz CT molecular complexity index is 1080. The number of fused-ring (bicyclic) bond motifs is 1. The van der Waals surface area contributed by atoms with E-state index in [-0.39, 0.29) is 17.7 Å². The number of hydrogen-bond acceptors (Lipinski definition) is 6. The highest BCUT2D eigenvalue weighted by Gasteiger charge is 2.33. The van der Waals surface area contributed by atoms with E-state index in [1.165, 1.54) is 11.3 Å². The van der Waals surface area contributed by atoms with Gasteiger partial charge in [0, 0.05) is 16.5 Å². The van der Waals surface area contributed by atoms with Crippen LogP contribution in [0.25, 0.3) is 0 Å². The van der Waals surface area contributed by atoms with Crippen molar-refractivity contribution in [3.8, 4) is 11.5 Å². The fourth-order valence-corrected chi connectivity index (χ4v) is 4.45. The van der Waals surface area contributed by atoms with Crippen LogP contribution >= 0.6 is 11.3 Å². The quantitative estimate of drug-likeness (QED) is 0.624. The van der Waals surface area contributed by atoms with Crippen LogP contribution in [0.15, 0.2) is 48.5 Å². The summed E-state index contributed by atoms with van der Waals surface area (Å²) in [5.74, 6) is 0.433. The lowest BCUT2D eigenvalue weighted by atomic mass is 10.1. The third-order valence-corrected chi connectivity index (χ3v) is 6.00. The second-order valence-corrected chi connectivity index (χ2v) is 7.88. The van der Waals surface area contributed by atoms with Gasteiger partial charge >= 0.3 is 0 Å². The minimum atomic E-state index is -0.370. The maximum atomic E-state index is 12.9. The second kappa shape index (κ2) is 8.54. The van der Waals surface area contributed by atoms with Crippen molar-refractivity contribution >= 4 is 34.0 Å². The molecule has 1 aliphatic rings. The summed E-state index contributed by atoms with van der Waals surface area (Å²) in [6.45, 7) is 0. The third-order valence-electron chi connectivity index (χ3n) is 4.96. The number of aromatic nitrogens is 1. The van der Waals surface area contributed by atoms with Crippen LogP contribution < -0.4 is 20.1 Å². The molecule has 0 saturated heterocycles. The Morgan fingerprint density at radius 2 is 1.87 bits per heavy atom. The Kier molecular flexibility index (Phi) is 5.67. The van der Waals surface area contributed by atoms with Gasteiger partial charge in [0.25, 0.3) is 5.91 Å². The van der Waals surface area contributed by atoms with Gasteiger partial charge in [-0.1, -0.05) is 18.2 Å². The fourth-order valence-electron chi connectivity index (χ4n) is 3.42.